The number of aliphatic hydroxyl groups excluding tert-OH is 1. The van der Waals surface area contributed by atoms with Gasteiger partial charge in [-0.3, -0.25) is 9.59 Å². The van der Waals surface area contributed by atoms with E-state index in [2.05, 4.69) is 29.6 Å². The fourth-order valence-corrected chi connectivity index (χ4v) is 5.08. The number of rotatable bonds is 7. The van der Waals surface area contributed by atoms with E-state index in [1.54, 1.807) is 13.8 Å². The van der Waals surface area contributed by atoms with Gasteiger partial charge in [0.25, 0.3) is 0 Å². The molecule has 2 atom stereocenters. The Kier molecular flexibility index (Phi) is 7.12. The molecule has 0 aromatic heterocycles. The number of nitrogens with one attached hydrogen (secondary N) is 1. The van der Waals surface area contributed by atoms with E-state index in [9.17, 15) is 24.6 Å². The molecule has 2 aromatic carbocycles. The van der Waals surface area contributed by atoms with Crippen LogP contribution in [-0.4, -0.2) is 65.4 Å². The molecule has 4 rings (SSSR count). The van der Waals surface area contributed by atoms with Crippen LogP contribution in [0.4, 0.5) is 4.79 Å². The fourth-order valence-electron chi connectivity index (χ4n) is 5.08. The molecule has 0 saturated carbocycles. The molecular weight excluding hydrogens is 448 g/mol. The monoisotopic (exact) mass is 480 g/mol. The number of fused-ring (bicyclic) bond motifs is 3. The molecule has 1 saturated heterocycles. The molecule has 1 aliphatic carbocycles. The summed E-state index contributed by atoms with van der Waals surface area (Å²) in [6.45, 7) is 4.15. The van der Waals surface area contributed by atoms with E-state index in [4.69, 9.17) is 4.74 Å². The van der Waals surface area contributed by atoms with Crippen LogP contribution < -0.4 is 5.32 Å². The van der Waals surface area contributed by atoms with E-state index >= 15 is 0 Å². The zero-order valence-corrected chi connectivity index (χ0v) is 20.1. The number of nitrogens with zero attached hydrogens (tertiary/aromatic N) is 1. The Morgan fingerprint density at radius 2 is 1.63 bits per heavy atom. The molecule has 35 heavy (non-hydrogen) atoms. The first-order valence-corrected chi connectivity index (χ1v) is 12.0. The van der Waals surface area contributed by atoms with E-state index in [0.29, 0.717) is 6.42 Å². The Morgan fingerprint density at radius 3 is 2.23 bits per heavy atom. The van der Waals surface area contributed by atoms with Crippen molar-refractivity contribution in [2.45, 2.75) is 38.7 Å². The normalized spacial score (nSPS) is 19.6. The summed E-state index contributed by atoms with van der Waals surface area (Å²) in [7, 11) is 0. The first kappa shape index (κ1) is 24.7. The van der Waals surface area contributed by atoms with Gasteiger partial charge in [-0.15, -0.1) is 0 Å². The van der Waals surface area contributed by atoms with Crippen molar-refractivity contribution in [3.63, 3.8) is 0 Å². The quantitative estimate of drug-likeness (QED) is 0.560. The van der Waals surface area contributed by atoms with Crippen molar-refractivity contribution in [2.24, 2.45) is 11.3 Å². The topological polar surface area (TPSA) is 116 Å². The number of ether oxygens (including phenoxy) is 1. The van der Waals surface area contributed by atoms with Gasteiger partial charge in [-0.25, -0.2) is 4.79 Å². The summed E-state index contributed by atoms with van der Waals surface area (Å²) in [4.78, 5) is 38.2. The van der Waals surface area contributed by atoms with Crippen LogP contribution in [0.5, 0.6) is 0 Å². The number of alkyl carbamates (subject to hydrolysis) is 1. The highest BCUT2D eigenvalue weighted by Crippen LogP contribution is 2.44. The van der Waals surface area contributed by atoms with Gasteiger partial charge in [-0.2, -0.15) is 0 Å². The summed E-state index contributed by atoms with van der Waals surface area (Å²) in [5.74, 6) is -2.07. The summed E-state index contributed by atoms with van der Waals surface area (Å²) in [5, 5.41) is 22.0. The smallest absolute Gasteiger partial charge is 0.407 e. The average Bonchev–Trinajstić information content (AvgIpc) is 3.15. The lowest BCUT2D eigenvalue weighted by atomic mass is 9.85. The Morgan fingerprint density at radius 1 is 1.03 bits per heavy atom. The number of hydrogen-bond acceptors (Lipinski definition) is 5. The molecule has 3 N–H and O–H groups in total. The third-order valence-corrected chi connectivity index (χ3v) is 7.01. The van der Waals surface area contributed by atoms with Crippen LogP contribution in [0.1, 0.15) is 43.7 Å². The largest absolute Gasteiger partial charge is 0.481 e. The third kappa shape index (κ3) is 5.32. The number of β-amino-alcohol motifs (C(OH)–C–C–N with tert-alkyl or cyclic N) is 1. The number of piperidine rings is 1. The highest BCUT2D eigenvalue weighted by molar-refractivity contribution is 5.83. The number of carboxylic acid groups (broad SMARTS) is 1. The van der Waals surface area contributed by atoms with Gasteiger partial charge >= 0.3 is 12.1 Å². The molecule has 0 spiro atoms. The summed E-state index contributed by atoms with van der Waals surface area (Å²) in [6, 6.07) is 16.2. The highest BCUT2D eigenvalue weighted by atomic mass is 16.5. The molecule has 0 bridgehead atoms. The molecule has 2 unspecified atom stereocenters. The second kappa shape index (κ2) is 10.1. The van der Waals surface area contributed by atoms with Crippen LogP contribution in [0.15, 0.2) is 48.5 Å². The zero-order valence-electron chi connectivity index (χ0n) is 20.1. The van der Waals surface area contributed by atoms with Crippen LogP contribution in [0, 0.1) is 11.3 Å². The first-order chi connectivity index (χ1) is 16.7. The minimum atomic E-state index is -1.02. The maximum atomic E-state index is 13.0. The Balaban J connectivity index is 1.29. The molecule has 2 aromatic rings. The molecular formula is C27H32N2O6. The minimum absolute atomic E-state index is 0.0288. The first-order valence-electron chi connectivity index (χ1n) is 12.0. The van der Waals surface area contributed by atoms with Gasteiger partial charge in [0.05, 0.1) is 12.0 Å². The van der Waals surface area contributed by atoms with Crippen LogP contribution in [0.3, 0.4) is 0 Å². The van der Waals surface area contributed by atoms with Gasteiger partial charge in [-0.05, 0) is 35.1 Å². The molecule has 1 heterocycles. The standard InChI is InChI=1S/C27H32N2O6/c1-27(2,25(33)29-14-17(24(31)32)13-18(30)15-29)11-12-28-26(34)35-16-23-21-9-5-3-7-19(21)20-8-4-6-10-22(20)23/h3-10,17-18,23,30H,11-16H2,1-2H3,(H,28,34)(H,31,32). The van der Waals surface area contributed by atoms with Gasteiger partial charge in [-0.1, -0.05) is 62.4 Å². The minimum Gasteiger partial charge on any atom is -0.481 e. The van der Waals surface area contributed by atoms with Crippen molar-refractivity contribution in [3.8, 4) is 11.1 Å². The lowest BCUT2D eigenvalue weighted by Gasteiger charge is -2.38. The molecule has 8 nitrogen and oxygen atoms in total. The number of aliphatic hydroxyl groups is 1. The molecule has 2 aliphatic rings. The number of likely N-dealkylation sites (tertiary alicyclic amines) is 1. The van der Waals surface area contributed by atoms with Crippen molar-refractivity contribution in [1.29, 1.82) is 0 Å². The van der Waals surface area contributed by atoms with Crippen molar-refractivity contribution < 1.29 is 29.3 Å². The van der Waals surface area contributed by atoms with Gasteiger partial charge in [0.15, 0.2) is 0 Å². The molecule has 8 heteroatoms. The summed E-state index contributed by atoms with van der Waals surface area (Å²) < 4.78 is 5.54. The molecule has 1 fully saturated rings. The number of carbonyl (C=O) groups excluding carboxylic acids is 2. The average molecular weight is 481 g/mol. The van der Waals surface area contributed by atoms with Crippen LogP contribution >= 0.6 is 0 Å². The zero-order chi connectivity index (χ0) is 25.2. The van der Waals surface area contributed by atoms with Crippen LogP contribution in [-0.2, 0) is 14.3 Å². The van der Waals surface area contributed by atoms with Crippen molar-refractivity contribution >= 4 is 18.0 Å². The predicted octanol–water partition coefficient (Wildman–Crippen LogP) is 3.24. The molecule has 2 amide bonds. The van der Waals surface area contributed by atoms with E-state index in [1.165, 1.54) is 4.90 Å². The van der Waals surface area contributed by atoms with Crippen molar-refractivity contribution in [2.75, 3.05) is 26.2 Å². The fraction of sp³-hybridized carbons (Fsp3) is 0.444. The van der Waals surface area contributed by atoms with Gasteiger partial charge in [0, 0.05) is 31.0 Å². The second-order valence-corrected chi connectivity index (χ2v) is 10.0. The van der Waals surface area contributed by atoms with E-state index in [-0.39, 0.29) is 44.5 Å². The van der Waals surface area contributed by atoms with Crippen molar-refractivity contribution in [3.05, 3.63) is 59.7 Å². The van der Waals surface area contributed by atoms with E-state index < -0.39 is 29.5 Å². The van der Waals surface area contributed by atoms with Gasteiger partial charge < -0.3 is 25.2 Å². The Bertz CT molecular complexity index is 1070. The Labute approximate surface area is 204 Å². The van der Waals surface area contributed by atoms with E-state index in [0.717, 1.165) is 22.3 Å². The SMILES string of the molecule is CC(C)(CCNC(=O)OCC1c2ccccc2-c2ccccc21)C(=O)N1CC(O)CC(C(=O)O)C1. The number of benzene rings is 2. The molecule has 1 aliphatic heterocycles. The third-order valence-electron chi connectivity index (χ3n) is 7.01. The predicted molar refractivity (Wildman–Crippen MR) is 130 cm³/mol. The summed E-state index contributed by atoms with van der Waals surface area (Å²) in [6.07, 6.45) is -0.915. The Hall–Kier alpha value is -3.39. The highest BCUT2D eigenvalue weighted by Gasteiger charge is 2.38. The maximum Gasteiger partial charge on any atom is 0.407 e. The second-order valence-electron chi connectivity index (χ2n) is 10.0. The molecule has 186 valence electrons. The summed E-state index contributed by atoms with van der Waals surface area (Å²) >= 11 is 0. The number of aliphatic carboxylic acids is 1. The van der Waals surface area contributed by atoms with Crippen LogP contribution in [0.25, 0.3) is 11.1 Å². The maximum absolute atomic E-state index is 13.0. The molecule has 0 radical (unpaired) electrons. The lowest BCUT2D eigenvalue weighted by Crippen LogP contribution is -2.52. The van der Waals surface area contributed by atoms with Crippen LogP contribution in [0.2, 0.25) is 0 Å². The lowest BCUT2D eigenvalue weighted by molar-refractivity contribution is -0.152. The number of hydrogen-bond donors (Lipinski definition) is 3. The van der Waals surface area contributed by atoms with Gasteiger partial charge in [0.1, 0.15) is 6.61 Å². The number of carbonyl (C=O) groups is 3. The van der Waals surface area contributed by atoms with E-state index in [1.807, 2.05) is 24.3 Å². The summed E-state index contributed by atoms with van der Waals surface area (Å²) in [5.41, 5.74) is 3.75. The van der Waals surface area contributed by atoms with Crippen molar-refractivity contribution in [1.82, 2.24) is 10.2 Å². The van der Waals surface area contributed by atoms with Gasteiger partial charge in [0.2, 0.25) is 5.91 Å². The number of carboxylic acids is 1. The number of amides is 2.